The second-order valence-corrected chi connectivity index (χ2v) is 15.5. The van der Waals surface area contributed by atoms with Crippen molar-refractivity contribution in [3.8, 4) is 0 Å². The molecule has 0 aromatic carbocycles. The van der Waals surface area contributed by atoms with E-state index >= 15 is 0 Å². The normalized spacial score (nSPS) is 12.1. The molecule has 0 spiro atoms. The first-order chi connectivity index (χ1) is 25.1. The summed E-state index contributed by atoms with van der Waals surface area (Å²) in [4.78, 5) is 59.6. The van der Waals surface area contributed by atoms with Crippen LogP contribution in [0.3, 0.4) is 0 Å². The zero-order valence-corrected chi connectivity index (χ0v) is 33.9. The summed E-state index contributed by atoms with van der Waals surface area (Å²) in [6.45, 7) is 12.8. The average molecular weight is 759 g/mol. The maximum absolute atomic E-state index is 12.8. The largest absolute Gasteiger partial charge is 0.481 e. The van der Waals surface area contributed by atoms with Crippen LogP contribution in [0.1, 0.15) is 157 Å². The molecule has 14 heteroatoms. The molecular formula is C39H74N4O10. The summed E-state index contributed by atoms with van der Waals surface area (Å²) in [7, 11) is 0. The van der Waals surface area contributed by atoms with Gasteiger partial charge in [0, 0.05) is 32.5 Å². The highest BCUT2D eigenvalue weighted by molar-refractivity contribution is 5.85. The zero-order valence-electron chi connectivity index (χ0n) is 33.9. The number of carboxylic acid groups (broad SMARTS) is 1. The molecule has 14 nitrogen and oxygen atoms in total. The molecule has 0 bridgehead atoms. The van der Waals surface area contributed by atoms with Gasteiger partial charge < -0.3 is 45.3 Å². The van der Waals surface area contributed by atoms with Gasteiger partial charge in [-0.05, 0) is 67.2 Å². The van der Waals surface area contributed by atoms with Crippen molar-refractivity contribution in [3.05, 3.63) is 0 Å². The Morgan fingerprint density at radius 1 is 0.509 bits per heavy atom. The maximum Gasteiger partial charge on any atom is 0.408 e. The molecule has 0 unspecified atom stereocenters. The Morgan fingerprint density at radius 2 is 0.943 bits per heavy atom. The van der Waals surface area contributed by atoms with Gasteiger partial charge in [-0.2, -0.15) is 0 Å². The number of carbonyl (C=O) groups excluding carboxylic acids is 4. The highest BCUT2D eigenvalue weighted by Crippen LogP contribution is 2.14. The summed E-state index contributed by atoms with van der Waals surface area (Å²) in [6.07, 6.45) is 16.4. The summed E-state index contributed by atoms with van der Waals surface area (Å²) >= 11 is 0. The monoisotopic (exact) mass is 759 g/mol. The van der Waals surface area contributed by atoms with Crippen molar-refractivity contribution in [1.82, 2.24) is 21.3 Å². The van der Waals surface area contributed by atoms with Crippen LogP contribution in [0, 0.1) is 0 Å². The first-order valence-corrected chi connectivity index (χ1v) is 20.0. The number of carbonyl (C=O) groups is 5. The van der Waals surface area contributed by atoms with E-state index in [1.807, 2.05) is 0 Å². The van der Waals surface area contributed by atoms with E-state index in [2.05, 4.69) is 21.3 Å². The van der Waals surface area contributed by atoms with Crippen LogP contribution >= 0.6 is 0 Å². The van der Waals surface area contributed by atoms with Gasteiger partial charge >= 0.3 is 18.2 Å². The Morgan fingerprint density at radius 3 is 1.42 bits per heavy atom. The minimum Gasteiger partial charge on any atom is -0.481 e. The lowest BCUT2D eigenvalue weighted by molar-refractivity contribution is -0.137. The molecule has 0 fully saturated rings. The van der Waals surface area contributed by atoms with Crippen molar-refractivity contribution in [3.63, 3.8) is 0 Å². The smallest absolute Gasteiger partial charge is 0.408 e. The third-order valence-electron chi connectivity index (χ3n) is 7.88. The molecule has 0 rings (SSSR count). The van der Waals surface area contributed by atoms with Crippen molar-refractivity contribution >= 4 is 30.0 Å². The van der Waals surface area contributed by atoms with E-state index in [0.717, 1.165) is 38.5 Å². The molecule has 310 valence electrons. The minimum atomic E-state index is -0.859. The number of amides is 4. The third kappa shape index (κ3) is 37.0. The van der Waals surface area contributed by atoms with Crippen molar-refractivity contribution in [1.29, 1.82) is 0 Å². The van der Waals surface area contributed by atoms with E-state index in [0.29, 0.717) is 45.6 Å². The van der Waals surface area contributed by atoms with E-state index in [9.17, 15) is 24.0 Å². The molecule has 0 aromatic rings. The Hall–Kier alpha value is -3.13. The molecular weight excluding hydrogens is 684 g/mol. The van der Waals surface area contributed by atoms with Crippen molar-refractivity contribution < 1.29 is 48.0 Å². The standard InChI is InChI=1S/C39H74N4O10/c1-38(2,3)52-36(48)42-25-21-22-32(43-37(49)53-39(4,5)6)35(47)41-27-29-51-31-30-50-28-26-40-33(44)23-19-17-15-13-11-9-7-8-10-12-14-16-18-20-24-34(45)46/h32H,7-31H2,1-6H3,(H,40,44)(H,41,47)(H,42,48)(H,43,49)(H,45,46)/t32-/m0/s1. The van der Waals surface area contributed by atoms with Gasteiger partial charge in [0.1, 0.15) is 17.2 Å². The summed E-state index contributed by atoms with van der Waals surface area (Å²) in [5.74, 6) is -1.04. The SMILES string of the molecule is CC(C)(C)OC(=O)NCCC[C@H](NC(=O)OC(C)(C)C)C(=O)NCCOCCOCCNC(=O)CCCCCCCCCCCCCCCCC(=O)O. The number of aliphatic carboxylic acids is 1. The van der Waals surface area contributed by atoms with Gasteiger partial charge in [-0.25, -0.2) is 9.59 Å². The highest BCUT2D eigenvalue weighted by atomic mass is 16.6. The molecule has 0 aliphatic rings. The van der Waals surface area contributed by atoms with E-state index in [1.165, 1.54) is 51.4 Å². The first-order valence-electron chi connectivity index (χ1n) is 20.0. The van der Waals surface area contributed by atoms with Crippen LogP contribution in [0.5, 0.6) is 0 Å². The van der Waals surface area contributed by atoms with Crippen molar-refractivity contribution in [2.75, 3.05) is 46.1 Å². The first kappa shape index (κ1) is 49.9. The number of hydrogen-bond acceptors (Lipinski definition) is 9. The molecule has 4 amide bonds. The van der Waals surface area contributed by atoms with Crippen LogP contribution < -0.4 is 21.3 Å². The fraction of sp³-hybridized carbons (Fsp3) is 0.872. The van der Waals surface area contributed by atoms with Crippen molar-refractivity contribution in [2.45, 2.75) is 174 Å². The molecule has 0 aromatic heterocycles. The van der Waals surface area contributed by atoms with Gasteiger partial charge in [0.2, 0.25) is 11.8 Å². The van der Waals surface area contributed by atoms with Gasteiger partial charge in [0.15, 0.2) is 0 Å². The number of alkyl carbamates (subject to hydrolysis) is 2. The van der Waals surface area contributed by atoms with Gasteiger partial charge in [-0.15, -0.1) is 0 Å². The molecule has 0 radical (unpaired) electrons. The molecule has 0 saturated heterocycles. The van der Waals surface area contributed by atoms with Crippen LogP contribution in [0.25, 0.3) is 0 Å². The van der Waals surface area contributed by atoms with Gasteiger partial charge in [0.05, 0.1) is 26.4 Å². The maximum atomic E-state index is 12.8. The third-order valence-corrected chi connectivity index (χ3v) is 7.88. The Labute approximate surface area is 319 Å². The summed E-state index contributed by atoms with van der Waals surface area (Å²) in [5.41, 5.74) is -1.34. The molecule has 0 heterocycles. The van der Waals surface area contributed by atoms with E-state index < -0.39 is 35.4 Å². The molecule has 53 heavy (non-hydrogen) atoms. The van der Waals surface area contributed by atoms with E-state index in [-0.39, 0.29) is 37.9 Å². The second kappa shape index (κ2) is 31.2. The molecule has 0 aliphatic carbocycles. The van der Waals surface area contributed by atoms with Crippen LogP contribution in [0.4, 0.5) is 9.59 Å². The minimum absolute atomic E-state index is 0.0428. The Balaban J connectivity index is 3.84. The van der Waals surface area contributed by atoms with Gasteiger partial charge in [-0.1, -0.05) is 77.0 Å². The van der Waals surface area contributed by atoms with E-state index in [1.54, 1.807) is 41.5 Å². The average Bonchev–Trinajstić information content (AvgIpc) is 3.04. The predicted octanol–water partition coefficient (Wildman–Crippen LogP) is 6.78. The van der Waals surface area contributed by atoms with Gasteiger partial charge in [-0.3, -0.25) is 14.4 Å². The number of unbranched alkanes of at least 4 members (excludes halogenated alkanes) is 13. The zero-order chi connectivity index (χ0) is 39.8. The molecule has 1 atom stereocenters. The quantitative estimate of drug-likeness (QED) is 0.0458. The van der Waals surface area contributed by atoms with Gasteiger partial charge in [0.25, 0.3) is 0 Å². The highest BCUT2D eigenvalue weighted by Gasteiger charge is 2.24. The van der Waals surface area contributed by atoms with E-state index in [4.69, 9.17) is 24.1 Å². The Bertz CT molecular complexity index is 998. The van der Waals surface area contributed by atoms with Crippen molar-refractivity contribution in [2.24, 2.45) is 0 Å². The summed E-state index contributed by atoms with van der Waals surface area (Å²) in [6, 6.07) is -0.859. The fourth-order valence-electron chi connectivity index (χ4n) is 5.26. The lowest BCUT2D eigenvalue weighted by Gasteiger charge is -2.23. The van der Waals surface area contributed by atoms with Crippen LogP contribution in [0.15, 0.2) is 0 Å². The number of rotatable bonds is 32. The predicted molar refractivity (Wildman–Crippen MR) is 206 cm³/mol. The molecule has 5 N–H and O–H groups in total. The van der Waals surface area contributed by atoms with Crippen LogP contribution in [-0.4, -0.2) is 98.4 Å². The number of carboxylic acids is 1. The van der Waals surface area contributed by atoms with Crippen LogP contribution in [0.2, 0.25) is 0 Å². The fourth-order valence-corrected chi connectivity index (χ4v) is 5.26. The number of nitrogens with one attached hydrogen (secondary N) is 4. The molecule has 0 aliphatic heterocycles. The van der Waals surface area contributed by atoms with Crippen LogP contribution in [-0.2, 0) is 33.3 Å². The Kier molecular flexibility index (Phi) is 29.4. The second-order valence-electron chi connectivity index (χ2n) is 15.5. The number of hydrogen-bond donors (Lipinski definition) is 5. The number of ether oxygens (including phenoxy) is 4. The lowest BCUT2D eigenvalue weighted by Crippen LogP contribution is -2.49. The molecule has 0 saturated carbocycles. The topological polar surface area (TPSA) is 191 Å². The summed E-state index contributed by atoms with van der Waals surface area (Å²) < 4.78 is 21.6. The lowest BCUT2D eigenvalue weighted by atomic mass is 10.0. The summed E-state index contributed by atoms with van der Waals surface area (Å²) in [5, 5.41) is 19.5.